The van der Waals surface area contributed by atoms with Crippen LogP contribution in [-0.2, 0) is 19.6 Å². The number of hydrogen-bond acceptors (Lipinski definition) is 4. The van der Waals surface area contributed by atoms with Crippen LogP contribution in [0.25, 0.3) is 0 Å². The van der Waals surface area contributed by atoms with Crippen LogP contribution in [0.1, 0.15) is 13.8 Å². The molecular formula is C9H18N2O4S. The summed E-state index contributed by atoms with van der Waals surface area (Å²) in [7, 11) is 0.533. The van der Waals surface area contributed by atoms with Gasteiger partial charge in [-0.2, -0.15) is 0 Å². The molecule has 7 heteroatoms. The van der Waals surface area contributed by atoms with Crippen molar-refractivity contribution in [2.75, 3.05) is 27.4 Å². The van der Waals surface area contributed by atoms with E-state index >= 15 is 0 Å². The number of carbonyl (C=O) groups is 2. The Balaban J connectivity index is 5.21. The second-order valence-corrected chi connectivity index (χ2v) is 6.37. The number of amides is 2. The van der Waals surface area contributed by atoms with Gasteiger partial charge in [-0.05, 0) is 13.8 Å². The Labute approximate surface area is 96.3 Å². The molecule has 0 unspecified atom stereocenters. The summed E-state index contributed by atoms with van der Waals surface area (Å²) in [6.45, 7) is 2.80. The Morgan fingerprint density at radius 3 is 1.62 bits per heavy atom. The fourth-order valence-electron chi connectivity index (χ4n) is 1.19. The normalized spacial score (nSPS) is 12.1. The highest BCUT2D eigenvalue weighted by molar-refractivity contribution is 7.88. The third-order valence-corrected chi connectivity index (χ3v) is 3.42. The second-order valence-electron chi connectivity index (χ2n) is 4.36. The molecule has 0 aromatic carbocycles. The van der Waals surface area contributed by atoms with E-state index in [1.807, 2.05) is 0 Å². The molecule has 0 N–H and O–H groups in total. The van der Waals surface area contributed by atoms with Gasteiger partial charge in [-0.1, -0.05) is 0 Å². The van der Waals surface area contributed by atoms with Crippen molar-refractivity contribution in [2.45, 2.75) is 13.8 Å². The summed E-state index contributed by atoms with van der Waals surface area (Å²) < 4.78 is 23.0. The van der Waals surface area contributed by atoms with Gasteiger partial charge in [0.1, 0.15) is 5.41 Å². The van der Waals surface area contributed by atoms with E-state index in [-0.39, 0.29) is 0 Å². The molecule has 0 fully saturated rings. The van der Waals surface area contributed by atoms with Crippen molar-refractivity contribution in [1.82, 2.24) is 9.21 Å². The molecule has 0 saturated carbocycles. The highest BCUT2D eigenvalue weighted by Gasteiger charge is 2.41. The molecule has 0 atom stereocenters. The maximum atomic E-state index is 11.9. The van der Waals surface area contributed by atoms with Crippen LogP contribution in [0.4, 0.5) is 0 Å². The van der Waals surface area contributed by atoms with Crippen molar-refractivity contribution in [1.29, 1.82) is 0 Å². The Kier molecular flexibility index (Phi) is 4.10. The minimum absolute atomic E-state index is 0.437. The predicted molar refractivity (Wildman–Crippen MR) is 60.1 cm³/mol. The summed E-state index contributed by atoms with van der Waals surface area (Å²) >= 11 is 0. The number of rotatable bonds is 3. The lowest BCUT2D eigenvalue weighted by Crippen LogP contribution is -2.49. The summed E-state index contributed by atoms with van der Waals surface area (Å²) in [6.07, 6.45) is 0.918. The molecule has 6 nitrogen and oxygen atoms in total. The van der Waals surface area contributed by atoms with E-state index in [0.717, 1.165) is 13.3 Å². The lowest BCUT2D eigenvalue weighted by atomic mass is 9.91. The first-order valence-corrected chi connectivity index (χ1v) is 6.47. The Bertz CT molecular complexity index is 398. The van der Waals surface area contributed by atoms with Crippen molar-refractivity contribution in [3.8, 4) is 0 Å². The molecule has 0 aliphatic rings. The van der Waals surface area contributed by atoms with Gasteiger partial charge in [-0.25, -0.2) is 12.7 Å². The van der Waals surface area contributed by atoms with Gasteiger partial charge in [-0.3, -0.25) is 9.59 Å². The summed E-state index contributed by atoms with van der Waals surface area (Å²) in [5.74, 6) is -1.18. The van der Waals surface area contributed by atoms with Crippen LogP contribution in [-0.4, -0.2) is 56.8 Å². The lowest BCUT2D eigenvalue weighted by Gasteiger charge is -2.29. The zero-order valence-electron chi connectivity index (χ0n) is 10.4. The molecule has 94 valence electrons. The van der Waals surface area contributed by atoms with Crippen molar-refractivity contribution in [3.05, 3.63) is 0 Å². The van der Waals surface area contributed by atoms with Crippen molar-refractivity contribution < 1.29 is 18.0 Å². The Morgan fingerprint density at radius 1 is 1.00 bits per heavy atom. The molecule has 0 aliphatic carbocycles. The average Bonchev–Trinajstić information content (AvgIpc) is 2.12. The largest absolute Gasteiger partial charge is 0.348 e. The van der Waals surface area contributed by atoms with Crippen LogP contribution < -0.4 is 0 Å². The summed E-state index contributed by atoms with van der Waals surface area (Å²) in [4.78, 5) is 24.8. The molecule has 0 heterocycles. The Hall–Kier alpha value is -1.11. The van der Waals surface area contributed by atoms with Gasteiger partial charge in [0.25, 0.3) is 5.91 Å². The number of nitrogens with zero attached hydrogens (tertiary/aromatic N) is 2. The molecule has 0 spiro atoms. The molecule has 0 aromatic heterocycles. The van der Waals surface area contributed by atoms with E-state index in [1.165, 1.54) is 32.8 Å². The summed E-state index contributed by atoms with van der Waals surface area (Å²) in [5.41, 5.74) is -1.39. The maximum absolute atomic E-state index is 11.9. The second kappa shape index (κ2) is 4.40. The van der Waals surface area contributed by atoms with Crippen molar-refractivity contribution >= 4 is 21.8 Å². The summed E-state index contributed by atoms with van der Waals surface area (Å²) in [6, 6.07) is 0. The van der Waals surface area contributed by atoms with Crippen LogP contribution in [0.2, 0.25) is 0 Å². The van der Waals surface area contributed by atoms with Gasteiger partial charge < -0.3 is 4.90 Å². The van der Waals surface area contributed by atoms with E-state index in [9.17, 15) is 18.0 Å². The smallest absolute Gasteiger partial charge is 0.250 e. The molecule has 0 rings (SSSR count). The van der Waals surface area contributed by atoms with Gasteiger partial charge in [0.2, 0.25) is 15.9 Å². The van der Waals surface area contributed by atoms with Crippen molar-refractivity contribution in [2.24, 2.45) is 5.41 Å². The number of sulfonamides is 1. The molecule has 0 bridgehead atoms. The average molecular weight is 250 g/mol. The first-order chi connectivity index (χ1) is 6.92. The van der Waals surface area contributed by atoms with Crippen LogP contribution in [0.15, 0.2) is 0 Å². The van der Waals surface area contributed by atoms with Gasteiger partial charge in [-0.15, -0.1) is 0 Å². The quantitative estimate of drug-likeness (QED) is 0.634. The first-order valence-electron chi connectivity index (χ1n) is 4.62. The van der Waals surface area contributed by atoms with Crippen LogP contribution in [0.3, 0.4) is 0 Å². The van der Waals surface area contributed by atoms with Crippen molar-refractivity contribution in [3.63, 3.8) is 0 Å². The zero-order valence-corrected chi connectivity index (χ0v) is 11.3. The fraction of sp³-hybridized carbons (Fsp3) is 0.778. The molecule has 16 heavy (non-hydrogen) atoms. The van der Waals surface area contributed by atoms with E-state index in [0.29, 0.717) is 4.31 Å². The summed E-state index contributed by atoms with van der Waals surface area (Å²) in [5, 5.41) is 0. The van der Waals surface area contributed by atoms with Gasteiger partial charge in [0.15, 0.2) is 0 Å². The molecule has 2 amide bonds. The van der Waals surface area contributed by atoms with Gasteiger partial charge >= 0.3 is 0 Å². The molecule has 0 aromatic rings. The van der Waals surface area contributed by atoms with Crippen LogP contribution in [0.5, 0.6) is 0 Å². The minimum Gasteiger partial charge on any atom is -0.348 e. The number of hydrogen-bond donors (Lipinski definition) is 0. The molecule has 0 aliphatic heterocycles. The fourth-order valence-corrected chi connectivity index (χ4v) is 1.72. The highest BCUT2D eigenvalue weighted by atomic mass is 32.2. The van der Waals surface area contributed by atoms with E-state index in [4.69, 9.17) is 0 Å². The third kappa shape index (κ3) is 2.94. The monoisotopic (exact) mass is 250 g/mol. The van der Waals surface area contributed by atoms with Crippen LogP contribution >= 0.6 is 0 Å². The molecular weight excluding hydrogens is 232 g/mol. The van der Waals surface area contributed by atoms with E-state index < -0.39 is 27.3 Å². The molecule has 0 radical (unpaired) electrons. The lowest BCUT2D eigenvalue weighted by molar-refractivity contribution is -0.149. The van der Waals surface area contributed by atoms with Gasteiger partial charge in [0.05, 0.1) is 6.26 Å². The first kappa shape index (κ1) is 14.9. The minimum atomic E-state index is -3.63. The molecule has 0 saturated heterocycles. The third-order valence-electron chi connectivity index (χ3n) is 2.26. The predicted octanol–water partition coefficient (Wildman–Crippen LogP) is -0.481. The maximum Gasteiger partial charge on any atom is 0.250 e. The topological polar surface area (TPSA) is 74.8 Å². The SMILES string of the molecule is CN(C)C(=O)C(C)(C)C(=O)N(C)S(C)(=O)=O. The zero-order chi connectivity index (χ0) is 13.3. The van der Waals surface area contributed by atoms with Crippen LogP contribution in [0, 0.1) is 5.41 Å². The van der Waals surface area contributed by atoms with Gasteiger partial charge in [0, 0.05) is 21.1 Å². The Morgan fingerprint density at radius 2 is 1.38 bits per heavy atom. The standard InChI is InChI=1S/C9H18N2O4S/c1-9(2,7(12)10(3)4)8(13)11(5)16(6,14)15/h1-6H3. The number of carbonyl (C=O) groups excluding carboxylic acids is 2. The van der Waals surface area contributed by atoms with E-state index in [2.05, 4.69) is 0 Å². The highest BCUT2D eigenvalue weighted by Crippen LogP contribution is 2.21. The van der Waals surface area contributed by atoms with E-state index in [1.54, 1.807) is 0 Å².